The van der Waals surface area contributed by atoms with Crippen LogP contribution in [-0.2, 0) is 4.74 Å². The van der Waals surface area contributed by atoms with Crippen molar-refractivity contribution >= 4 is 40.7 Å². The van der Waals surface area contributed by atoms with E-state index in [0.717, 1.165) is 12.0 Å². The third kappa shape index (κ3) is 5.74. The van der Waals surface area contributed by atoms with Gasteiger partial charge in [0.2, 0.25) is 3.79 Å². The van der Waals surface area contributed by atoms with Gasteiger partial charge in [0.15, 0.2) is 6.23 Å². The van der Waals surface area contributed by atoms with E-state index in [1.54, 1.807) is 12.1 Å². The molecular formula is C20H27Cl3N2O2. The van der Waals surface area contributed by atoms with E-state index in [1.807, 2.05) is 19.1 Å². The van der Waals surface area contributed by atoms with Gasteiger partial charge in [-0.25, -0.2) is 0 Å². The van der Waals surface area contributed by atoms with Crippen LogP contribution in [0.1, 0.15) is 48.0 Å². The molecule has 0 radical (unpaired) electrons. The number of halogens is 3. The van der Waals surface area contributed by atoms with Crippen molar-refractivity contribution in [2.45, 2.75) is 55.1 Å². The van der Waals surface area contributed by atoms with Gasteiger partial charge < -0.3 is 15.0 Å². The molecule has 0 spiro atoms. The summed E-state index contributed by atoms with van der Waals surface area (Å²) in [5.74, 6) is 0.0998. The van der Waals surface area contributed by atoms with Crippen LogP contribution in [0, 0.1) is 12.8 Å². The van der Waals surface area contributed by atoms with E-state index in [1.165, 1.54) is 38.8 Å². The molecule has 0 aliphatic carbocycles. The minimum absolute atomic E-state index is 0.307. The molecule has 2 heterocycles. The predicted octanol–water partition coefficient (Wildman–Crippen LogP) is 4.70. The van der Waals surface area contributed by atoms with Crippen molar-refractivity contribution in [2.75, 3.05) is 19.7 Å². The molecule has 0 aromatic heterocycles. The fourth-order valence-electron chi connectivity index (χ4n) is 4.20. The van der Waals surface area contributed by atoms with Gasteiger partial charge in [0.1, 0.15) is 0 Å². The van der Waals surface area contributed by atoms with Crippen molar-refractivity contribution in [3.8, 4) is 0 Å². The first-order valence-electron chi connectivity index (χ1n) is 9.64. The summed E-state index contributed by atoms with van der Waals surface area (Å²) < 4.78 is 4.23. The van der Waals surface area contributed by atoms with E-state index in [-0.39, 0.29) is 5.91 Å². The highest BCUT2D eigenvalue weighted by Gasteiger charge is 2.38. The molecule has 2 saturated heterocycles. The number of alkyl halides is 3. The topological polar surface area (TPSA) is 41.6 Å². The number of rotatable bonds is 5. The molecule has 2 fully saturated rings. The molecule has 1 N–H and O–H groups in total. The lowest BCUT2D eigenvalue weighted by Crippen LogP contribution is -2.51. The van der Waals surface area contributed by atoms with E-state index in [0.29, 0.717) is 24.1 Å². The van der Waals surface area contributed by atoms with E-state index in [9.17, 15) is 4.79 Å². The number of fused-ring (bicyclic) bond motifs is 1. The van der Waals surface area contributed by atoms with E-state index in [2.05, 4.69) is 10.2 Å². The van der Waals surface area contributed by atoms with Crippen LogP contribution in [0.2, 0.25) is 0 Å². The lowest BCUT2D eigenvalue weighted by molar-refractivity contribution is -0.0325. The number of amides is 1. The molecule has 1 aromatic rings. The third-order valence-corrected chi connectivity index (χ3v) is 6.14. The molecule has 3 atom stereocenters. The largest absolute Gasteiger partial charge is 0.354 e. The molecule has 4 nitrogen and oxygen atoms in total. The molecule has 0 bridgehead atoms. The van der Waals surface area contributed by atoms with Crippen LogP contribution in [0.5, 0.6) is 0 Å². The maximum absolute atomic E-state index is 12.6. The number of carbonyl (C=O) groups excluding carboxylic acids is 1. The Morgan fingerprint density at radius 3 is 2.78 bits per heavy atom. The molecule has 27 heavy (non-hydrogen) atoms. The molecule has 1 aromatic carbocycles. The monoisotopic (exact) mass is 432 g/mol. The Hall–Kier alpha value is -0.520. The number of nitrogens with one attached hydrogen (secondary N) is 1. The van der Waals surface area contributed by atoms with Gasteiger partial charge in [-0.3, -0.25) is 4.79 Å². The summed E-state index contributed by atoms with van der Waals surface area (Å²) in [7, 11) is 0. The minimum atomic E-state index is -1.74. The summed E-state index contributed by atoms with van der Waals surface area (Å²) in [6.45, 7) is 4.74. The van der Waals surface area contributed by atoms with Crippen LogP contribution in [0.4, 0.5) is 0 Å². The fourth-order valence-corrected chi connectivity index (χ4v) is 4.55. The molecule has 2 aliphatic heterocycles. The summed E-state index contributed by atoms with van der Waals surface area (Å²) in [4.78, 5) is 15.1. The second-order valence-electron chi connectivity index (χ2n) is 7.60. The predicted molar refractivity (Wildman–Crippen MR) is 111 cm³/mol. The van der Waals surface area contributed by atoms with Crippen molar-refractivity contribution in [3.63, 3.8) is 0 Å². The van der Waals surface area contributed by atoms with Gasteiger partial charge >= 0.3 is 0 Å². The molecular weight excluding hydrogens is 407 g/mol. The zero-order valence-electron chi connectivity index (χ0n) is 15.6. The number of aryl methyl sites for hydroxylation is 1. The Labute approximate surface area is 176 Å². The highest BCUT2D eigenvalue weighted by molar-refractivity contribution is 6.68. The van der Waals surface area contributed by atoms with Crippen LogP contribution in [0.25, 0.3) is 0 Å². The van der Waals surface area contributed by atoms with Gasteiger partial charge in [0, 0.05) is 11.6 Å². The van der Waals surface area contributed by atoms with E-state index in [4.69, 9.17) is 39.5 Å². The van der Waals surface area contributed by atoms with Crippen LogP contribution in [0.3, 0.4) is 0 Å². The number of carbonyl (C=O) groups is 1. The minimum Gasteiger partial charge on any atom is -0.354 e. The normalized spacial score (nSPS) is 24.9. The SMILES string of the molecule is Cc1cccc(C(=O)N[C@H](OC[C@@H]2CCCN3CCCC[C@H]23)C(Cl)(Cl)Cl)c1. The van der Waals surface area contributed by atoms with Crippen molar-refractivity contribution in [1.29, 1.82) is 0 Å². The van der Waals surface area contributed by atoms with Crippen LogP contribution < -0.4 is 5.32 Å². The Kier molecular flexibility index (Phi) is 7.32. The lowest BCUT2D eigenvalue weighted by Gasteiger charge is -2.44. The molecule has 2 aliphatic rings. The van der Waals surface area contributed by atoms with Crippen LogP contribution in [0.15, 0.2) is 24.3 Å². The standard InChI is InChI=1S/C20H27Cl3N2O2/c1-14-6-4-7-15(12-14)18(26)24-19(20(21,22)23)27-13-16-8-5-11-25-10-3-2-9-17(16)25/h4,6-7,12,16-17,19H,2-3,5,8-11,13H2,1H3,(H,24,26)/t16-,17+,19+/m0/s1. The lowest BCUT2D eigenvalue weighted by atomic mass is 9.84. The molecule has 1 amide bonds. The molecule has 3 rings (SSSR count). The van der Waals surface area contributed by atoms with Gasteiger partial charge in [-0.1, -0.05) is 58.9 Å². The van der Waals surface area contributed by atoms with Crippen molar-refractivity contribution in [3.05, 3.63) is 35.4 Å². The molecule has 150 valence electrons. The zero-order chi connectivity index (χ0) is 19.4. The van der Waals surface area contributed by atoms with Crippen molar-refractivity contribution < 1.29 is 9.53 Å². The number of nitrogens with zero attached hydrogens (tertiary/aromatic N) is 1. The summed E-state index contributed by atoms with van der Waals surface area (Å²) in [5.41, 5.74) is 1.52. The maximum Gasteiger partial charge on any atom is 0.253 e. The van der Waals surface area contributed by atoms with Crippen molar-refractivity contribution in [2.24, 2.45) is 5.92 Å². The highest BCUT2D eigenvalue weighted by Crippen LogP contribution is 2.34. The first-order valence-corrected chi connectivity index (χ1v) is 10.8. The average Bonchev–Trinajstić information content (AvgIpc) is 2.64. The third-order valence-electron chi connectivity index (χ3n) is 5.55. The molecule has 7 heteroatoms. The van der Waals surface area contributed by atoms with E-state index >= 15 is 0 Å². The highest BCUT2D eigenvalue weighted by atomic mass is 35.6. The van der Waals surface area contributed by atoms with Crippen LogP contribution >= 0.6 is 34.8 Å². The Morgan fingerprint density at radius 2 is 2.04 bits per heavy atom. The van der Waals surface area contributed by atoms with E-state index < -0.39 is 10.0 Å². The Morgan fingerprint density at radius 1 is 1.26 bits per heavy atom. The Bertz CT molecular complexity index is 648. The summed E-state index contributed by atoms with van der Waals surface area (Å²) >= 11 is 18.3. The smallest absolute Gasteiger partial charge is 0.253 e. The van der Waals surface area contributed by atoms with Gasteiger partial charge in [-0.15, -0.1) is 0 Å². The van der Waals surface area contributed by atoms with Gasteiger partial charge in [0.05, 0.1) is 6.61 Å². The first-order chi connectivity index (χ1) is 12.8. The quantitative estimate of drug-likeness (QED) is 0.540. The number of ether oxygens (including phenoxy) is 1. The van der Waals surface area contributed by atoms with Crippen LogP contribution in [-0.4, -0.2) is 46.6 Å². The number of hydrogen-bond acceptors (Lipinski definition) is 3. The summed E-state index contributed by atoms with van der Waals surface area (Å²) in [6, 6.07) is 7.83. The summed E-state index contributed by atoms with van der Waals surface area (Å²) in [5, 5.41) is 2.74. The maximum atomic E-state index is 12.6. The first kappa shape index (κ1) is 21.2. The zero-order valence-corrected chi connectivity index (χ0v) is 17.9. The number of benzene rings is 1. The molecule has 0 unspecified atom stereocenters. The van der Waals surface area contributed by atoms with Gasteiger partial charge in [-0.2, -0.15) is 0 Å². The number of hydrogen-bond donors (Lipinski definition) is 1. The van der Waals surface area contributed by atoms with Gasteiger partial charge in [0.25, 0.3) is 5.91 Å². The average molecular weight is 434 g/mol. The number of piperidine rings is 2. The second kappa shape index (κ2) is 9.32. The fraction of sp³-hybridized carbons (Fsp3) is 0.650. The Balaban J connectivity index is 1.62. The second-order valence-corrected chi connectivity index (χ2v) is 9.97. The van der Waals surface area contributed by atoms with Crippen molar-refractivity contribution in [1.82, 2.24) is 10.2 Å². The molecule has 0 saturated carbocycles. The summed E-state index contributed by atoms with van der Waals surface area (Å²) in [6.07, 6.45) is 5.01. The van der Waals surface area contributed by atoms with Gasteiger partial charge in [-0.05, 0) is 63.7 Å².